The molecule has 4 rings (SSSR count). The topological polar surface area (TPSA) is 65.5 Å². The minimum atomic E-state index is -0.567. The van der Waals surface area contributed by atoms with Crippen LogP contribution in [0.5, 0.6) is 0 Å². The summed E-state index contributed by atoms with van der Waals surface area (Å²) in [6.45, 7) is 0.00547. The second-order valence-electron chi connectivity index (χ2n) is 4.99. The summed E-state index contributed by atoms with van der Waals surface area (Å²) in [5.41, 5.74) is 1.11. The number of ether oxygens (including phenoxy) is 1. The Morgan fingerprint density at radius 2 is 2.21 bits per heavy atom. The summed E-state index contributed by atoms with van der Waals surface area (Å²) >= 11 is 7.44. The van der Waals surface area contributed by atoms with Crippen molar-refractivity contribution in [2.75, 3.05) is 0 Å². The largest absolute Gasteiger partial charge is 0.453 e. The molecule has 120 valence electrons. The molecule has 0 aliphatic carbocycles. The number of esters is 1. The van der Waals surface area contributed by atoms with Gasteiger partial charge >= 0.3 is 5.97 Å². The number of thiophene rings is 1. The molecule has 0 N–H and O–H groups in total. The molecule has 0 saturated carbocycles. The number of furan rings is 1. The van der Waals surface area contributed by atoms with E-state index >= 15 is 0 Å². The average Bonchev–Trinajstić information content (AvgIpc) is 3.30. The van der Waals surface area contributed by atoms with Crippen molar-refractivity contribution in [3.05, 3.63) is 64.5 Å². The highest BCUT2D eigenvalue weighted by Gasteiger charge is 2.15. The van der Waals surface area contributed by atoms with E-state index in [1.807, 2.05) is 17.5 Å². The fourth-order valence-electron chi connectivity index (χ4n) is 2.21. The number of halogens is 1. The highest BCUT2D eigenvalue weighted by molar-refractivity contribution is 7.13. The fraction of sp³-hybridized carbons (Fsp3) is 0.0588. The van der Waals surface area contributed by atoms with Gasteiger partial charge in [0.15, 0.2) is 0 Å². The number of oxazole rings is 1. The number of rotatable bonds is 4. The SMILES string of the molecule is O=C(OCc1coc(-c2cccs2)n1)c1cc2cc(Cl)ccc2o1. The minimum Gasteiger partial charge on any atom is -0.453 e. The van der Waals surface area contributed by atoms with Gasteiger partial charge in [0, 0.05) is 10.4 Å². The van der Waals surface area contributed by atoms with Crippen LogP contribution in [-0.4, -0.2) is 11.0 Å². The van der Waals surface area contributed by atoms with Gasteiger partial charge < -0.3 is 13.6 Å². The van der Waals surface area contributed by atoms with Crippen molar-refractivity contribution < 1.29 is 18.4 Å². The molecular formula is C17H10ClNO4S. The number of fused-ring (bicyclic) bond motifs is 1. The molecule has 0 unspecified atom stereocenters. The molecule has 0 atom stereocenters. The predicted octanol–water partition coefficient (Wildman–Crippen LogP) is 5.16. The van der Waals surface area contributed by atoms with E-state index in [2.05, 4.69) is 4.98 Å². The van der Waals surface area contributed by atoms with Crippen molar-refractivity contribution in [3.63, 3.8) is 0 Å². The number of aromatic nitrogens is 1. The Balaban J connectivity index is 1.46. The lowest BCUT2D eigenvalue weighted by atomic mass is 10.2. The number of carbonyl (C=O) groups is 1. The molecule has 7 heteroatoms. The van der Waals surface area contributed by atoms with Crippen molar-refractivity contribution in [2.24, 2.45) is 0 Å². The zero-order valence-electron chi connectivity index (χ0n) is 12.2. The number of nitrogens with zero attached hydrogens (tertiary/aromatic N) is 1. The van der Waals surface area contributed by atoms with Gasteiger partial charge in [-0.25, -0.2) is 9.78 Å². The van der Waals surface area contributed by atoms with Crippen LogP contribution in [0, 0.1) is 0 Å². The smallest absolute Gasteiger partial charge is 0.374 e. The highest BCUT2D eigenvalue weighted by atomic mass is 35.5. The molecule has 4 aromatic rings. The van der Waals surface area contributed by atoms with E-state index in [0.29, 0.717) is 22.2 Å². The van der Waals surface area contributed by atoms with Crippen LogP contribution in [0.1, 0.15) is 16.2 Å². The third-order valence-corrected chi connectivity index (χ3v) is 4.41. The first-order chi connectivity index (χ1) is 11.7. The fourth-order valence-corrected chi connectivity index (χ4v) is 3.05. The van der Waals surface area contributed by atoms with Crippen molar-refractivity contribution in [3.8, 4) is 10.8 Å². The first kappa shape index (κ1) is 15.0. The molecule has 0 saturated heterocycles. The lowest BCUT2D eigenvalue weighted by Gasteiger charge is -1.98. The molecule has 1 aromatic carbocycles. The third kappa shape index (κ3) is 2.93. The number of carbonyl (C=O) groups excluding carboxylic acids is 1. The third-order valence-electron chi connectivity index (χ3n) is 3.31. The summed E-state index contributed by atoms with van der Waals surface area (Å²) in [5.74, 6) is 0.0617. The Morgan fingerprint density at radius 1 is 1.29 bits per heavy atom. The van der Waals surface area contributed by atoms with Gasteiger partial charge in [0.25, 0.3) is 0 Å². The zero-order valence-corrected chi connectivity index (χ0v) is 13.8. The maximum Gasteiger partial charge on any atom is 0.374 e. The van der Waals surface area contributed by atoms with Crippen molar-refractivity contribution in [2.45, 2.75) is 6.61 Å². The maximum absolute atomic E-state index is 12.1. The maximum atomic E-state index is 12.1. The van der Waals surface area contributed by atoms with Gasteiger partial charge in [-0.05, 0) is 35.7 Å². The minimum absolute atomic E-state index is 0.00547. The summed E-state index contributed by atoms with van der Waals surface area (Å²) in [7, 11) is 0. The van der Waals surface area contributed by atoms with Gasteiger partial charge in [0.2, 0.25) is 11.7 Å². The van der Waals surface area contributed by atoms with Crippen LogP contribution in [0.2, 0.25) is 5.02 Å². The molecule has 0 aliphatic rings. The lowest BCUT2D eigenvalue weighted by Crippen LogP contribution is -2.04. The second kappa shape index (κ2) is 6.14. The first-order valence-electron chi connectivity index (χ1n) is 7.03. The zero-order chi connectivity index (χ0) is 16.5. The summed E-state index contributed by atoms with van der Waals surface area (Å²) < 4.78 is 16.1. The van der Waals surface area contributed by atoms with Gasteiger partial charge in [0.1, 0.15) is 24.1 Å². The van der Waals surface area contributed by atoms with Gasteiger partial charge in [-0.3, -0.25) is 0 Å². The molecule has 0 fully saturated rings. The van der Waals surface area contributed by atoms with Crippen LogP contribution in [0.25, 0.3) is 21.7 Å². The molecule has 0 aliphatic heterocycles. The van der Waals surface area contributed by atoms with Crippen molar-refractivity contribution in [1.82, 2.24) is 4.98 Å². The molecule has 0 amide bonds. The van der Waals surface area contributed by atoms with Gasteiger partial charge in [-0.1, -0.05) is 17.7 Å². The highest BCUT2D eigenvalue weighted by Crippen LogP contribution is 2.25. The molecule has 3 heterocycles. The van der Waals surface area contributed by atoms with E-state index in [0.717, 1.165) is 10.3 Å². The number of hydrogen-bond donors (Lipinski definition) is 0. The van der Waals surface area contributed by atoms with Crippen LogP contribution < -0.4 is 0 Å². The van der Waals surface area contributed by atoms with E-state index in [1.54, 1.807) is 24.3 Å². The molecule has 0 bridgehead atoms. The molecule has 0 radical (unpaired) electrons. The quantitative estimate of drug-likeness (QED) is 0.471. The second-order valence-corrected chi connectivity index (χ2v) is 6.37. The van der Waals surface area contributed by atoms with E-state index in [9.17, 15) is 4.79 Å². The summed E-state index contributed by atoms with van der Waals surface area (Å²) in [4.78, 5) is 17.3. The summed E-state index contributed by atoms with van der Waals surface area (Å²) in [6, 6.07) is 10.6. The van der Waals surface area contributed by atoms with Crippen LogP contribution in [0.4, 0.5) is 0 Å². The molecular weight excluding hydrogens is 350 g/mol. The Bertz CT molecular complexity index is 1000. The Kier molecular flexibility index (Phi) is 3.84. The molecule has 0 spiro atoms. The standard InChI is InChI=1S/C17H10ClNO4S/c18-11-3-4-13-10(6-11)7-14(23-13)17(20)22-9-12-8-21-16(19-12)15-2-1-5-24-15/h1-8H,9H2. The number of benzene rings is 1. The van der Waals surface area contributed by atoms with Crippen LogP contribution >= 0.6 is 22.9 Å². The van der Waals surface area contributed by atoms with Gasteiger partial charge in [-0.2, -0.15) is 0 Å². The van der Waals surface area contributed by atoms with Crippen LogP contribution in [0.3, 0.4) is 0 Å². The lowest BCUT2D eigenvalue weighted by molar-refractivity contribution is 0.0434. The predicted molar refractivity (Wildman–Crippen MR) is 90.2 cm³/mol. The Morgan fingerprint density at radius 3 is 3.04 bits per heavy atom. The summed E-state index contributed by atoms with van der Waals surface area (Å²) in [5, 5.41) is 3.26. The first-order valence-corrected chi connectivity index (χ1v) is 8.29. The van der Waals surface area contributed by atoms with Crippen LogP contribution in [0.15, 0.2) is 56.9 Å². The molecule has 5 nitrogen and oxygen atoms in total. The molecule has 24 heavy (non-hydrogen) atoms. The van der Waals surface area contributed by atoms with Crippen LogP contribution in [-0.2, 0) is 11.3 Å². The number of hydrogen-bond acceptors (Lipinski definition) is 6. The molecule has 3 aromatic heterocycles. The Labute approximate surface area is 145 Å². The van der Waals surface area contributed by atoms with E-state index < -0.39 is 5.97 Å². The summed E-state index contributed by atoms with van der Waals surface area (Å²) in [6.07, 6.45) is 1.47. The normalized spacial score (nSPS) is 11.0. The van der Waals surface area contributed by atoms with E-state index in [4.69, 9.17) is 25.2 Å². The van der Waals surface area contributed by atoms with Gasteiger partial charge in [0.05, 0.1) is 4.88 Å². The van der Waals surface area contributed by atoms with Crippen molar-refractivity contribution in [1.29, 1.82) is 0 Å². The van der Waals surface area contributed by atoms with Gasteiger partial charge in [-0.15, -0.1) is 11.3 Å². The van der Waals surface area contributed by atoms with E-state index in [-0.39, 0.29) is 12.4 Å². The average molecular weight is 360 g/mol. The monoisotopic (exact) mass is 359 g/mol. The van der Waals surface area contributed by atoms with E-state index in [1.165, 1.54) is 17.6 Å². The van der Waals surface area contributed by atoms with Crippen molar-refractivity contribution >= 4 is 39.9 Å². The Hall–Kier alpha value is -2.57.